The van der Waals surface area contributed by atoms with Crippen LogP contribution in [0.25, 0.3) is 21.9 Å². The number of aliphatic carboxylic acids is 1. The monoisotopic (exact) mass is 517 g/mol. The number of hydrogen-bond donors (Lipinski definition) is 2. The normalized spacial score (nSPS) is 11.4. The molecule has 0 unspecified atom stereocenters. The number of fused-ring (bicyclic) bond motifs is 1. The first-order valence-electron chi connectivity index (χ1n) is 10.2. The summed E-state index contributed by atoms with van der Waals surface area (Å²) in [4.78, 5) is 10.9. The van der Waals surface area contributed by atoms with Crippen molar-refractivity contribution in [2.45, 2.75) is 11.3 Å². The lowest BCUT2D eigenvalue weighted by Crippen LogP contribution is -2.14. The molecule has 0 aliphatic heterocycles. The summed E-state index contributed by atoms with van der Waals surface area (Å²) in [7, 11) is -2.84. The van der Waals surface area contributed by atoms with Crippen molar-refractivity contribution in [3.05, 3.63) is 89.0 Å². The van der Waals surface area contributed by atoms with Gasteiger partial charge in [0.25, 0.3) is 10.0 Å². The van der Waals surface area contributed by atoms with E-state index in [0.717, 1.165) is 18.2 Å². The Morgan fingerprint density at radius 1 is 1.00 bits per heavy atom. The number of ether oxygens (including phenoxy) is 1. The maximum Gasteiger partial charge on any atom is 0.307 e. The van der Waals surface area contributed by atoms with Crippen LogP contribution in [0.3, 0.4) is 0 Å². The third-order valence-corrected chi connectivity index (χ3v) is 7.05. The molecule has 6 nitrogen and oxygen atoms in total. The first kappa shape index (κ1) is 24.4. The van der Waals surface area contributed by atoms with Crippen molar-refractivity contribution in [1.82, 2.24) is 0 Å². The van der Waals surface area contributed by atoms with Crippen LogP contribution in [-0.2, 0) is 21.2 Å². The molecule has 0 aliphatic carbocycles. The van der Waals surface area contributed by atoms with Crippen molar-refractivity contribution in [3.8, 4) is 16.9 Å². The van der Waals surface area contributed by atoms with E-state index in [-0.39, 0.29) is 21.2 Å². The maximum atomic E-state index is 14.0. The number of anilines is 1. The quantitative estimate of drug-likeness (QED) is 0.319. The van der Waals surface area contributed by atoms with E-state index in [0.29, 0.717) is 27.6 Å². The third-order valence-electron chi connectivity index (χ3n) is 5.31. The second-order valence-corrected chi connectivity index (χ2v) is 9.67. The molecule has 4 aromatic carbocycles. The Hall–Kier alpha value is -3.69. The van der Waals surface area contributed by atoms with Crippen molar-refractivity contribution in [3.63, 3.8) is 0 Å². The summed E-state index contributed by atoms with van der Waals surface area (Å²) < 4.78 is 62.6. The molecular weight excluding hydrogens is 500 g/mol. The van der Waals surface area contributed by atoms with E-state index in [1.165, 1.54) is 31.4 Å². The van der Waals surface area contributed by atoms with E-state index >= 15 is 0 Å². The van der Waals surface area contributed by atoms with E-state index in [1.807, 2.05) is 0 Å². The van der Waals surface area contributed by atoms with Crippen LogP contribution in [0, 0.1) is 11.6 Å². The standard InChI is InChI=1S/C25H18ClF2NO5S/c1-34-25-19-5-3-2-4-18(19)23(13-20(25)17-8-6-15(27)12-21(17)26)35(32,33)29-16-7-9-22(28)14(10-16)11-24(30)31/h2-10,12-13,29H,11H2,1H3,(H,30,31). The van der Waals surface area contributed by atoms with E-state index < -0.39 is 34.0 Å². The molecule has 0 saturated heterocycles. The summed E-state index contributed by atoms with van der Waals surface area (Å²) in [6.07, 6.45) is -0.611. The average Bonchev–Trinajstić information content (AvgIpc) is 2.79. The van der Waals surface area contributed by atoms with Crippen LogP contribution < -0.4 is 9.46 Å². The predicted octanol–water partition coefficient (Wildman–Crippen LogP) is 5.87. The molecule has 35 heavy (non-hydrogen) atoms. The fourth-order valence-electron chi connectivity index (χ4n) is 3.81. The minimum absolute atomic E-state index is 0.0103. The lowest BCUT2D eigenvalue weighted by molar-refractivity contribution is -0.136. The molecule has 0 saturated carbocycles. The topological polar surface area (TPSA) is 92.7 Å². The van der Waals surface area contributed by atoms with E-state index in [1.54, 1.807) is 24.3 Å². The van der Waals surface area contributed by atoms with Crippen molar-refractivity contribution in [2.24, 2.45) is 0 Å². The average molecular weight is 518 g/mol. The summed E-state index contributed by atoms with van der Waals surface area (Å²) in [6, 6.07) is 15.1. The fourth-order valence-corrected chi connectivity index (χ4v) is 5.37. The molecule has 0 aromatic heterocycles. The summed E-state index contributed by atoms with van der Waals surface area (Å²) in [5.74, 6) is -2.23. The SMILES string of the molecule is COc1c(-c2ccc(F)cc2Cl)cc(S(=O)(=O)Nc2ccc(F)c(CC(=O)O)c2)c2ccccc12. The number of nitrogens with one attached hydrogen (secondary N) is 1. The molecule has 2 N–H and O–H groups in total. The number of halogens is 3. The van der Waals surface area contributed by atoms with Crippen LogP contribution in [0.15, 0.2) is 71.6 Å². The summed E-state index contributed by atoms with van der Waals surface area (Å²) in [5.41, 5.74) is 0.500. The zero-order valence-electron chi connectivity index (χ0n) is 18.2. The van der Waals surface area contributed by atoms with Gasteiger partial charge in [0.2, 0.25) is 0 Å². The lowest BCUT2D eigenvalue weighted by atomic mass is 9.99. The van der Waals surface area contributed by atoms with E-state index in [9.17, 15) is 22.0 Å². The highest BCUT2D eigenvalue weighted by Gasteiger charge is 2.24. The molecule has 0 heterocycles. The molecular formula is C25H18ClF2NO5S. The molecule has 10 heteroatoms. The van der Waals surface area contributed by atoms with Gasteiger partial charge in [0.1, 0.15) is 17.4 Å². The molecule has 180 valence electrons. The highest BCUT2D eigenvalue weighted by molar-refractivity contribution is 7.93. The van der Waals surface area contributed by atoms with Crippen LogP contribution in [0.1, 0.15) is 5.56 Å². The van der Waals surface area contributed by atoms with Gasteiger partial charge in [0, 0.05) is 33.2 Å². The molecule has 0 atom stereocenters. The highest BCUT2D eigenvalue weighted by Crippen LogP contribution is 2.43. The number of sulfonamides is 1. The molecule has 0 radical (unpaired) electrons. The number of carboxylic acids is 1. The van der Waals surface area contributed by atoms with Gasteiger partial charge in [-0.1, -0.05) is 35.9 Å². The number of benzene rings is 4. The maximum absolute atomic E-state index is 14.0. The summed E-state index contributed by atoms with van der Waals surface area (Å²) in [5, 5.41) is 9.86. The van der Waals surface area contributed by atoms with Crippen LogP contribution >= 0.6 is 11.6 Å². The Bertz CT molecular complexity index is 1570. The number of hydrogen-bond acceptors (Lipinski definition) is 4. The second kappa shape index (κ2) is 9.52. The van der Waals surface area contributed by atoms with Gasteiger partial charge >= 0.3 is 5.97 Å². The first-order chi connectivity index (χ1) is 16.6. The van der Waals surface area contributed by atoms with Gasteiger partial charge < -0.3 is 9.84 Å². The number of rotatable bonds is 7. The predicted molar refractivity (Wildman–Crippen MR) is 129 cm³/mol. The molecule has 0 bridgehead atoms. The number of carbonyl (C=O) groups is 1. The van der Waals surface area contributed by atoms with Gasteiger partial charge in [0.05, 0.1) is 23.4 Å². The molecule has 0 spiro atoms. The number of methoxy groups -OCH3 is 1. The highest BCUT2D eigenvalue weighted by atomic mass is 35.5. The van der Waals surface area contributed by atoms with Gasteiger partial charge in [0.15, 0.2) is 0 Å². The molecule has 4 aromatic rings. The van der Waals surface area contributed by atoms with Crippen molar-refractivity contribution >= 4 is 44.1 Å². The zero-order chi connectivity index (χ0) is 25.3. The van der Waals surface area contributed by atoms with Crippen LogP contribution in [-0.4, -0.2) is 26.6 Å². The lowest BCUT2D eigenvalue weighted by Gasteiger charge is -2.18. The Morgan fingerprint density at radius 3 is 2.37 bits per heavy atom. The largest absolute Gasteiger partial charge is 0.495 e. The van der Waals surface area contributed by atoms with Gasteiger partial charge in [-0.05, 0) is 42.5 Å². The number of carboxylic acid groups (broad SMARTS) is 1. The third kappa shape index (κ3) is 4.91. The Kier molecular flexibility index (Phi) is 6.64. The van der Waals surface area contributed by atoms with Crippen molar-refractivity contribution in [1.29, 1.82) is 0 Å². The van der Waals surface area contributed by atoms with Crippen LogP contribution in [0.5, 0.6) is 5.75 Å². The molecule has 0 fully saturated rings. The zero-order valence-corrected chi connectivity index (χ0v) is 19.8. The summed E-state index contributed by atoms with van der Waals surface area (Å²) >= 11 is 6.27. The van der Waals surface area contributed by atoms with Gasteiger partial charge in [-0.3, -0.25) is 9.52 Å². The molecule has 4 rings (SSSR count). The van der Waals surface area contributed by atoms with Crippen LogP contribution in [0.4, 0.5) is 14.5 Å². The van der Waals surface area contributed by atoms with E-state index in [2.05, 4.69) is 4.72 Å². The summed E-state index contributed by atoms with van der Waals surface area (Å²) in [6.45, 7) is 0. The van der Waals surface area contributed by atoms with Crippen molar-refractivity contribution in [2.75, 3.05) is 11.8 Å². The second-order valence-electron chi connectivity index (χ2n) is 7.61. The first-order valence-corrected chi connectivity index (χ1v) is 12.0. The Balaban J connectivity index is 1.91. The van der Waals surface area contributed by atoms with Gasteiger partial charge in [-0.25, -0.2) is 17.2 Å². The smallest absolute Gasteiger partial charge is 0.307 e. The van der Waals surface area contributed by atoms with Crippen LogP contribution in [0.2, 0.25) is 5.02 Å². The Labute approximate surface area is 204 Å². The fraction of sp³-hybridized carbons (Fsp3) is 0.0800. The molecule has 0 amide bonds. The Morgan fingerprint density at radius 2 is 1.71 bits per heavy atom. The van der Waals surface area contributed by atoms with Gasteiger partial charge in [-0.2, -0.15) is 0 Å². The minimum Gasteiger partial charge on any atom is -0.495 e. The minimum atomic E-state index is -4.27. The molecule has 0 aliphatic rings. The van der Waals surface area contributed by atoms with Gasteiger partial charge in [-0.15, -0.1) is 0 Å². The van der Waals surface area contributed by atoms with E-state index in [4.69, 9.17) is 21.4 Å². The van der Waals surface area contributed by atoms with Crippen molar-refractivity contribution < 1.29 is 31.8 Å².